The Morgan fingerprint density at radius 1 is 1.22 bits per heavy atom. The van der Waals surface area contributed by atoms with E-state index in [1.54, 1.807) is 0 Å². The van der Waals surface area contributed by atoms with E-state index in [-0.39, 0.29) is 28.6 Å². The predicted octanol–water partition coefficient (Wildman–Crippen LogP) is 3.71. The first-order valence-electron chi connectivity index (χ1n) is 9.68. The number of aromatic nitrogens is 2. The van der Waals surface area contributed by atoms with Crippen molar-refractivity contribution in [3.63, 3.8) is 0 Å². The zero-order valence-corrected chi connectivity index (χ0v) is 17.7. The fourth-order valence-electron chi connectivity index (χ4n) is 3.41. The normalized spacial score (nSPS) is 15.1. The Morgan fingerprint density at radius 2 is 2.03 bits per heavy atom. The Balaban J connectivity index is 1.59. The zero-order chi connectivity index (χ0) is 22.8. The van der Waals surface area contributed by atoms with Crippen molar-refractivity contribution in [3.05, 3.63) is 81.1 Å². The summed E-state index contributed by atoms with van der Waals surface area (Å²) in [7, 11) is 0. The monoisotopic (exact) mass is 456 g/mol. The number of carbonyl (C=O) groups excluding carboxylic acids is 2. The fraction of sp³-hybridized carbons (Fsp3) is 0.182. The number of nitrogens with one attached hydrogen (secondary N) is 3. The number of hydrogen-bond acceptors (Lipinski definition) is 5. The van der Waals surface area contributed by atoms with Crippen molar-refractivity contribution < 1.29 is 18.4 Å². The van der Waals surface area contributed by atoms with E-state index in [9.17, 15) is 23.2 Å². The maximum absolute atomic E-state index is 13.9. The number of H-pyrrole nitrogens is 1. The lowest BCUT2D eigenvalue weighted by Crippen LogP contribution is -2.36. The van der Waals surface area contributed by atoms with Gasteiger partial charge in [-0.05, 0) is 24.6 Å². The summed E-state index contributed by atoms with van der Waals surface area (Å²) < 4.78 is 27.3. The van der Waals surface area contributed by atoms with Gasteiger partial charge in [0.05, 0.1) is 17.2 Å². The summed E-state index contributed by atoms with van der Waals surface area (Å²) in [6, 6.07) is 10.5. The molecule has 1 atom stereocenters. The molecule has 0 fully saturated rings. The number of anilines is 2. The molecule has 7 nitrogen and oxygen atoms in total. The Kier molecular flexibility index (Phi) is 6.04. The van der Waals surface area contributed by atoms with Gasteiger partial charge < -0.3 is 15.6 Å². The number of halogens is 2. The molecule has 0 radical (unpaired) electrons. The highest BCUT2D eigenvalue weighted by atomic mass is 32.2. The quantitative estimate of drug-likeness (QED) is 0.401. The van der Waals surface area contributed by atoms with E-state index in [0.717, 1.165) is 29.3 Å². The summed E-state index contributed by atoms with van der Waals surface area (Å²) in [5.74, 6) is -3.57. The number of hydrogen-bond donors (Lipinski definition) is 3. The number of amides is 2. The fourth-order valence-corrected chi connectivity index (χ4v) is 4.21. The van der Waals surface area contributed by atoms with E-state index < -0.39 is 34.9 Å². The van der Waals surface area contributed by atoms with Crippen LogP contribution in [0.3, 0.4) is 0 Å². The summed E-state index contributed by atoms with van der Waals surface area (Å²) >= 11 is 1.28. The maximum atomic E-state index is 13.9. The van der Waals surface area contributed by atoms with E-state index >= 15 is 0 Å². The van der Waals surface area contributed by atoms with Crippen molar-refractivity contribution in [2.24, 2.45) is 0 Å². The summed E-state index contributed by atoms with van der Waals surface area (Å²) in [6.07, 6.45) is -0.323. The van der Waals surface area contributed by atoms with Gasteiger partial charge in [-0.25, -0.2) is 13.8 Å². The van der Waals surface area contributed by atoms with Gasteiger partial charge in [-0.2, -0.15) is 0 Å². The molecule has 164 valence electrons. The topological polar surface area (TPSA) is 104 Å². The summed E-state index contributed by atoms with van der Waals surface area (Å²) in [5.41, 5.74) is 1.15. The van der Waals surface area contributed by atoms with Gasteiger partial charge in [0.15, 0.2) is 5.16 Å². The van der Waals surface area contributed by atoms with Gasteiger partial charge in [-0.15, -0.1) is 0 Å². The molecule has 2 heterocycles. The number of aryl methyl sites for hydroxylation is 1. The van der Waals surface area contributed by atoms with E-state index in [2.05, 4.69) is 20.6 Å². The molecule has 2 amide bonds. The minimum atomic E-state index is -1.20. The molecule has 1 aliphatic rings. The number of aromatic amines is 1. The van der Waals surface area contributed by atoms with Crippen LogP contribution < -0.4 is 16.2 Å². The van der Waals surface area contributed by atoms with Crippen molar-refractivity contribution in [2.75, 3.05) is 10.6 Å². The Labute approximate surface area is 185 Å². The molecular weight excluding hydrogens is 438 g/mol. The van der Waals surface area contributed by atoms with Crippen LogP contribution in [-0.4, -0.2) is 21.8 Å². The molecule has 10 heteroatoms. The first-order chi connectivity index (χ1) is 15.3. The van der Waals surface area contributed by atoms with Crippen LogP contribution in [-0.2, 0) is 15.3 Å². The Bertz CT molecular complexity index is 1280. The standard InChI is InChI=1S/C22H18F2N4O3S/c1-11-3-2-4-12(7-11)10-32-22-27-19-18(21(31)28-22)14(9-17(29)26-19)20(30)25-16-8-13(23)5-6-15(16)24/h2-8,14H,9-10H2,1H3,(H,25,30)(H2,26,27,28,29,31). The van der Waals surface area contributed by atoms with Gasteiger partial charge in [-0.3, -0.25) is 14.4 Å². The molecule has 0 saturated heterocycles. The van der Waals surface area contributed by atoms with Crippen LogP contribution in [0.4, 0.5) is 20.3 Å². The van der Waals surface area contributed by atoms with Crippen LogP contribution in [0.1, 0.15) is 29.0 Å². The largest absolute Gasteiger partial charge is 0.323 e. The predicted molar refractivity (Wildman–Crippen MR) is 117 cm³/mol. The zero-order valence-electron chi connectivity index (χ0n) is 16.9. The molecule has 0 aliphatic carbocycles. The summed E-state index contributed by atoms with van der Waals surface area (Å²) in [6.45, 7) is 1.98. The molecule has 0 bridgehead atoms. The van der Waals surface area contributed by atoms with Crippen molar-refractivity contribution in [1.82, 2.24) is 9.97 Å². The first kappa shape index (κ1) is 21.7. The lowest BCUT2D eigenvalue weighted by Gasteiger charge is -2.23. The molecule has 3 N–H and O–H groups in total. The van der Waals surface area contributed by atoms with E-state index in [4.69, 9.17) is 0 Å². The van der Waals surface area contributed by atoms with E-state index in [1.165, 1.54) is 11.8 Å². The molecule has 1 aliphatic heterocycles. The number of thioether (sulfide) groups is 1. The van der Waals surface area contributed by atoms with Crippen LogP contribution >= 0.6 is 11.8 Å². The number of nitrogens with zero attached hydrogens (tertiary/aromatic N) is 1. The smallest absolute Gasteiger partial charge is 0.257 e. The van der Waals surface area contributed by atoms with Crippen molar-refractivity contribution >= 4 is 35.1 Å². The molecule has 2 aromatic carbocycles. The van der Waals surface area contributed by atoms with Crippen LogP contribution in [0, 0.1) is 18.6 Å². The van der Waals surface area contributed by atoms with Crippen molar-refractivity contribution in [2.45, 2.75) is 30.2 Å². The number of fused-ring (bicyclic) bond motifs is 1. The minimum absolute atomic E-state index is 0.0170. The highest BCUT2D eigenvalue weighted by Gasteiger charge is 2.35. The second-order valence-corrected chi connectivity index (χ2v) is 8.29. The Hall–Kier alpha value is -3.53. The third kappa shape index (κ3) is 4.70. The number of benzene rings is 2. The second-order valence-electron chi connectivity index (χ2n) is 7.33. The average Bonchev–Trinajstić information content (AvgIpc) is 2.74. The molecule has 1 aromatic heterocycles. The highest BCUT2D eigenvalue weighted by Crippen LogP contribution is 2.31. The van der Waals surface area contributed by atoms with Crippen molar-refractivity contribution in [1.29, 1.82) is 0 Å². The van der Waals surface area contributed by atoms with Gasteiger partial charge in [0.1, 0.15) is 17.5 Å². The maximum Gasteiger partial charge on any atom is 0.257 e. The van der Waals surface area contributed by atoms with Crippen molar-refractivity contribution in [3.8, 4) is 0 Å². The van der Waals surface area contributed by atoms with Crippen LogP contribution in [0.5, 0.6) is 0 Å². The molecule has 3 aromatic rings. The average molecular weight is 456 g/mol. The van der Waals surface area contributed by atoms with Gasteiger partial charge in [0, 0.05) is 18.2 Å². The molecule has 0 saturated carbocycles. The van der Waals surface area contributed by atoms with Crippen LogP contribution in [0.25, 0.3) is 0 Å². The number of rotatable bonds is 5. The molecule has 1 unspecified atom stereocenters. The summed E-state index contributed by atoms with van der Waals surface area (Å²) in [5, 5.41) is 5.06. The van der Waals surface area contributed by atoms with Gasteiger partial charge in [-0.1, -0.05) is 41.6 Å². The van der Waals surface area contributed by atoms with Crippen LogP contribution in [0.15, 0.2) is 52.4 Å². The third-order valence-electron chi connectivity index (χ3n) is 4.89. The number of carbonyl (C=O) groups is 2. The Morgan fingerprint density at radius 3 is 2.81 bits per heavy atom. The lowest BCUT2D eigenvalue weighted by atomic mass is 9.92. The molecular formula is C22H18F2N4O3S. The molecule has 4 rings (SSSR count). The molecule has 0 spiro atoms. The van der Waals surface area contributed by atoms with Gasteiger partial charge in [0.2, 0.25) is 11.8 Å². The summed E-state index contributed by atoms with van der Waals surface area (Å²) in [4.78, 5) is 44.6. The molecule has 32 heavy (non-hydrogen) atoms. The minimum Gasteiger partial charge on any atom is -0.323 e. The van der Waals surface area contributed by atoms with Gasteiger partial charge >= 0.3 is 0 Å². The third-order valence-corrected chi connectivity index (χ3v) is 5.83. The van der Waals surface area contributed by atoms with Gasteiger partial charge in [0.25, 0.3) is 5.56 Å². The first-order valence-corrected chi connectivity index (χ1v) is 10.7. The lowest BCUT2D eigenvalue weighted by molar-refractivity contribution is -0.123. The highest BCUT2D eigenvalue weighted by molar-refractivity contribution is 7.98. The van der Waals surface area contributed by atoms with Crippen LogP contribution in [0.2, 0.25) is 0 Å². The van der Waals surface area contributed by atoms with E-state index in [1.807, 2.05) is 31.2 Å². The SMILES string of the molecule is Cc1cccc(CSc2nc3c(c(=O)[nH]2)C(C(=O)Nc2cc(F)ccc2F)CC(=O)N3)c1. The second kappa shape index (κ2) is 8.91. The van der Waals surface area contributed by atoms with E-state index in [0.29, 0.717) is 5.75 Å².